The molecule has 1 unspecified atom stereocenters. The number of carbonyl (C=O) groups excluding carboxylic acids is 1. The van der Waals surface area contributed by atoms with E-state index in [0.717, 1.165) is 11.1 Å². The number of fused-ring (bicyclic) bond motifs is 1. The minimum atomic E-state index is -1.03. The number of carboxylic acid groups (broad SMARTS) is 1. The summed E-state index contributed by atoms with van der Waals surface area (Å²) >= 11 is 0. The van der Waals surface area contributed by atoms with Gasteiger partial charge < -0.3 is 14.6 Å². The maximum atomic E-state index is 12.8. The van der Waals surface area contributed by atoms with E-state index in [1.807, 2.05) is 19.9 Å². The monoisotopic (exact) mass is 314 g/mol. The van der Waals surface area contributed by atoms with Gasteiger partial charge in [-0.15, -0.1) is 10.2 Å². The first-order chi connectivity index (χ1) is 10.9. The van der Waals surface area contributed by atoms with Crippen molar-refractivity contribution >= 4 is 11.9 Å². The van der Waals surface area contributed by atoms with E-state index in [4.69, 9.17) is 0 Å². The van der Waals surface area contributed by atoms with Gasteiger partial charge in [-0.25, -0.2) is 4.79 Å². The van der Waals surface area contributed by atoms with Crippen molar-refractivity contribution in [3.05, 3.63) is 46.5 Å². The molecule has 7 nitrogen and oxygen atoms in total. The molecule has 1 aliphatic rings. The first kappa shape index (κ1) is 15.2. The van der Waals surface area contributed by atoms with Gasteiger partial charge in [0.05, 0.1) is 13.1 Å². The zero-order valence-electron chi connectivity index (χ0n) is 13.3. The molecule has 0 spiro atoms. The van der Waals surface area contributed by atoms with Gasteiger partial charge in [0.1, 0.15) is 11.9 Å². The molecule has 1 aromatic heterocycles. The van der Waals surface area contributed by atoms with Gasteiger partial charge in [-0.2, -0.15) is 0 Å². The summed E-state index contributed by atoms with van der Waals surface area (Å²) in [7, 11) is 0. The van der Waals surface area contributed by atoms with Crippen molar-refractivity contribution in [2.24, 2.45) is 0 Å². The van der Waals surface area contributed by atoms with Crippen LogP contribution in [0.2, 0.25) is 0 Å². The Balaban J connectivity index is 1.97. The molecule has 120 valence electrons. The number of rotatable bonds is 2. The van der Waals surface area contributed by atoms with E-state index < -0.39 is 12.0 Å². The van der Waals surface area contributed by atoms with Crippen LogP contribution in [-0.2, 0) is 17.9 Å². The number of aliphatic carboxylic acids is 1. The summed E-state index contributed by atoms with van der Waals surface area (Å²) in [6, 6.07) is 4.47. The molecular formula is C16H18N4O3. The van der Waals surface area contributed by atoms with Gasteiger partial charge in [-0.1, -0.05) is 6.07 Å². The molecule has 0 saturated carbocycles. The second-order valence-electron chi connectivity index (χ2n) is 5.86. The summed E-state index contributed by atoms with van der Waals surface area (Å²) in [5.41, 5.74) is 2.58. The normalized spacial score (nSPS) is 17.0. The van der Waals surface area contributed by atoms with Gasteiger partial charge in [0, 0.05) is 5.56 Å². The Labute approximate surface area is 133 Å². The van der Waals surface area contributed by atoms with Crippen LogP contribution in [0.5, 0.6) is 0 Å². The van der Waals surface area contributed by atoms with Crippen LogP contribution in [0.4, 0.5) is 0 Å². The van der Waals surface area contributed by atoms with Crippen LogP contribution < -0.4 is 0 Å². The molecule has 1 amide bonds. The Hall–Kier alpha value is -2.70. The van der Waals surface area contributed by atoms with Gasteiger partial charge in [0.15, 0.2) is 5.82 Å². The van der Waals surface area contributed by atoms with Crippen LogP contribution in [0.3, 0.4) is 0 Å². The third-order valence-electron chi connectivity index (χ3n) is 4.36. The number of carboxylic acids is 1. The summed E-state index contributed by atoms with van der Waals surface area (Å²) in [5.74, 6) is -0.0601. The van der Waals surface area contributed by atoms with Crippen molar-refractivity contribution in [3.8, 4) is 0 Å². The average Bonchev–Trinajstić information content (AvgIpc) is 2.88. The SMILES string of the molecule is Cc1ccc(C(=O)N2Cc3nnc(C)n3CC2C(=O)O)cc1C. The molecule has 1 aromatic carbocycles. The second-order valence-corrected chi connectivity index (χ2v) is 5.86. The molecule has 0 bridgehead atoms. The molecule has 1 atom stereocenters. The predicted molar refractivity (Wildman–Crippen MR) is 82.0 cm³/mol. The molecule has 1 aliphatic heterocycles. The van der Waals surface area contributed by atoms with Crippen LogP contribution in [0, 0.1) is 20.8 Å². The summed E-state index contributed by atoms with van der Waals surface area (Å²) in [5, 5.41) is 17.5. The molecule has 0 aliphatic carbocycles. The number of carbonyl (C=O) groups is 2. The summed E-state index contributed by atoms with van der Waals surface area (Å²) < 4.78 is 1.75. The van der Waals surface area contributed by atoms with Crippen molar-refractivity contribution in [1.29, 1.82) is 0 Å². The molecule has 2 heterocycles. The first-order valence-electron chi connectivity index (χ1n) is 7.38. The van der Waals surface area contributed by atoms with Crippen molar-refractivity contribution in [3.63, 3.8) is 0 Å². The lowest BCUT2D eigenvalue weighted by Gasteiger charge is -2.33. The fourth-order valence-electron chi connectivity index (χ4n) is 2.78. The Morgan fingerprint density at radius 1 is 1.17 bits per heavy atom. The fourth-order valence-corrected chi connectivity index (χ4v) is 2.78. The molecule has 23 heavy (non-hydrogen) atoms. The molecule has 0 radical (unpaired) electrons. The fraction of sp³-hybridized carbons (Fsp3) is 0.375. The van der Waals surface area contributed by atoms with Crippen molar-refractivity contribution in [2.75, 3.05) is 0 Å². The number of aryl methyl sites for hydroxylation is 3. The minimum absolute atomic E-state index is 0.142. The summed E-state index contributed by atoms with van der Waals surface area (Å²) in [6.45, 7) is 5.98. The zero-order chi connectivity index (χ0) is 16.7. The zero-order valence-corrected chi connectivity index (χ0v) is 13.3. The number of hydrogen-bond acceptors (Lipinski definition) is 4. The number of nitrogens with zero attached hydrogens (tertiary/aromatic N) is 4. The van der Waals surface area contributed by atoms with E-state index >= 15 is 0 Å². The lowest BCUT2D eigenvalue weighted by Crippen LogP contribution is -2.50. The molecule has 0 saturated heterocycles. The quantitative estimate of drug-likeness (QED) is 0.903. The third kappa shape index (κ3) is 2.58. The molecule has 0 fully saturated rings. The van der Waals surface area contributed by atoms with Gasteiger partial charge in [-0.05, 0) is 44.0 Å². The van der Waals surface area contributed by atoms with Crippen LogP contribution in [0.25, 0.3) is 0 Å². The van der Waals surface area contributed by atoms with Crippen LogP contribution >= 0.6 is 0 Å². The average molecular weight is 314 g/mol. The Kier molecular flexibility index (Phi) is 3.63. The van der Waals surface area contributed by atoms with Gasteiger partial charge >= 0.3 is 5.97 Å². The number of hydrogen-bond donors (Lipinski definition) is 1. The van der Waals surface area contributed by atoms with E-state index in [9.17, 15) is 14.7 Å². The van der Waals surface area contributed by atoms with E-state index in [0.29, 0.717) is 17.2 Å². The number of aromatic nitrogens is 3. The molecule has 1 N–H and O–H groups in total. The Morgan fingerprint density at radius 3 is 2.57 bits per heavy atom. The van der Waals surface area contributed by atoms with Gasteiger partial charge in [-0.3, -0.25) is 4.79 Å². The van der Waals surface area contributed by atoms with Crippen LogP contribution in [0.1, 0.15) is 33.1 Å². The lowest BCUT2D eigenvalue weighted by atomic mass is 10.0. The number of amides is 1. The summed E-state index contributed by atoms with van der Waals surface area (Å²) in [6.07, 6.45) is 0. The second kappa shape index (κ2) is 5.49. The minimum Gasteiger partial charge on any atom is -0.480 e. The van der Waals surface area contributed by atoms with Crippen molar-refractivity contribution in [1.82, 2.24) is 19.7 Å². The molecule has 2 aromatic rings. The highest BCUT2D eigenvalue weighted by molar-refractivity contribution is 5.97. The Bertz CT molecular complexity index is 797. The Morgan fingerprint density at radius 2 is 1.91 bits per heavy atom. The topological polar surface area (TPSA) is 88.3 Å². The highest BCUT2D eigenvalue weighted by Crippen LogP contribution is 2.21. The van der Waals surface area contributed by atoms with E-state index in [2.05, 4.69) is 10.2 Å². The lowest BCUT2D eigenvalue weighted by molar-refractivity contribution is -0.143. The van der Waals surface area contributed by atoms with Crippen LogP contribution in [0.15, 0.2) is 18.2 Å². The number of benzene rings is 1. The smallest absolute Gasteiger partial charge is 0.328 e. The van der Waals surface area contributed by atoms with E-state index in [1.165, 1.54) is 4.90 Å². The maximum absolute atomic E-state index is 12.8. The molecule has 7 heteroatoms. The van der Waals surface area contributed by atoms with Crippen LogP contribution in [-0.4, -0.2) is 42.7 Å². The summed E-state index contributed by atoms with van der Waals surface area (Å²) in [4.78, 5) is 25.8. The van der Waals surface area contributed by atoms with E-state index in [-0.39, 0.29) is 19.0 Å². The molecular weight excluding hydrogens is 296 g/mol. The third-order valence-corrected chi connectivity index (χ3v) is 4.36. The first-order valence-corrected chi connectivity index (χ1v) is 7.38. The molecule has 3 rings (SSSR count). The van der Waals surface area contributed by atoms with E-state index in [1.54, 1.807) is 23.6 Å². The maximum Gasteiger partial charge on any atom is 0.328 e. The highest BCUT2D eigenvalue weighted by Gasteiger charge is 2.36. The van der Waals surface area contributed by atoms with Gasteiger partial charge in [0.2, 0.25) is 0 Å². The van der Waals surface area contributed by atoms with Crippen molar-refractivity contribution < 1.29 is 14.7 Å². The van der Waals surface area contributed by atoms with Gasteiger partial charge in [0.25, 0.3) is 5.91 Å². The highest BCUT2D eigenvalue weighted by atomic mass is 16.4. The van der Waals surface area contributed by atoms with Crippen molar-refractivity contribution in [2.45, 2.75) is 39.9 Å². The largest absolute Gasteiger partial charge is 0.480 e. The predicted octanol–water partition coefficient (Wildman–Crippen LogP) is 1.31. The standard InChI is InChI=1S/C16H18N4O3/c1-9-4-5-12(6-10(9)2)15(21)20-8-14-18-17-11(3)19(14)7-13(20)16(22)23/h4-6,13H,7-8H2,1-3H3,(H,22,23).